The van der Waals surface area contributed by atoms with Crippen molar-refractivity contribution in [2.24, 2.45) is 5.73 Å². The normalized spacial score (nSPS) is 11.7. The Hall–Kier alpha value is -2.01. The number of nitrogens with two attached hydrogens (primary N) is 1. The minimum absolute atomic E-state index is 0.439. The summed E-state index contributed by atoms with van der Waals surface area (Å²) in [4.78, 5) is 11.7. The Labute approximate surface area is 126 Å². The molecule has 0 bridgehead atoms. The molecule has 0 radical (unpaired) electrons. The van der Waals surface area contributed by atoms with E-state index < -0.39 is 11.9 Å². The van der Waals surface area contributed by atoms with E-state index in [1.807, 2.05) is 48.5 Å². The molecule has 0 aliphatic heterocycles. The smallest absolute Gasteiger partial charge is 0.244 e. The van der Waals surface area contributed by atoms with Gasteiger partial charge < -0.3 is 15.8 Å². The Kier molecular flexibility index (Phi) is 4.63. The fraction of sp³-hybridized carbons (Fsp3) is 0.133. The summed E-state index contributed by atoms with van der Waals surface area (Å²) < 4.78 is 6.05. The van der Waals surface area contributed by atoms with Crippen LogP contribution in [0.2, 0.25) is 0 Å². The van der Waals surface area contributed by atoms with Crippen LogP contribution < -0.4 is 15.8 Å². The Morgan fingerprint density at radius 3 is 2.65 bits per heavy atom. The molecule has 0 aliphatic rings. The van der Waals surface area contributed by atoms with E-state index in [9.17, 15) is 4.79 Å². The molecule has 2 aromatic rings. The SMILES string of the molecule is COc1cccc(NC(C(N)=O)c2cccc(Br)c2)c1. The van der Waals surface area contributed by atoms with Crippen molar-refractivity contribution in [2.45, 2.75) is 6.04 Å². The molecular weight excluding hydrogens is 320 g/mol. The average molecular weight is 335 g/mol. The maximum Gasteiger partial charge on any atom is 0.244 e. The van der Waals surface area contributed by atoms with Gasteiger partial charge in [-0.05, 0) is 29.8 Å². The number of carbonyl (C=O) groups is 1. The van der Waals surface area contributed by atoms with Crippen molar-refractivity contribution in [1.82, 2.24) is 0 Å². The number of hydrogen-bond acceptors (Lipinski definition) is 3. The molecule has 0 aromatic heterocycles. The fourth-order valence-corrected chi connectivity index (χ4v) is 2.30. The Morgan fingerprint density at radius 2 is 2.00 bits per heavy atom. The first kappa shape index (κ1) is 14.4. The lowest BCUT2D eigenvalue weighted by atomic mass is 10.1. The molecule has 1 unspecified atom stereocenters. The molecule has 1 amide bonds. The molecule has 20 heavy (non-hydrogen) atoms. The van der Waals surface area contributed by atoms with Crippen molar-refractivity contribution in [2.75, 3.05) is 12.4 Å². The number of methoxy groups -OCH3 is 1. The highest BCUT2D eigenvalue weighted by molar-refractivity contribution is 9.10. The molecule has 2 aromatic carbocycles. The maximum atomic E-state index is 11.7. The second kappa shape index (κ2) is 6.43. The first-order valence-corrected chi connectivity index (χ1v) is 6.85. The Balaban J connectivity index is 2.28. The second-order valence-electron chi connectivity index (χ2n) is 4.27. The van der Waals surface area contributed by atoms with Crippen molar-refractivity contribution in [3.63, 3.8) is 0 Å². The van der Waals surface area contributed by atoms with E-state index in [2.05, 4.69) is 21.2 Å². The largest absolute Gasteiger partial charge is 0.497 e. The summed E-state index contributed by atoms with van der Waals surface area (Å²) in [6, 6.07) is 14.2. The van der Waals surface area contributed by atoms with Crippen LogP contribution in [0.15, 0.2) is 53.0 Å². The van der Waals surface area contributed by atoms with Crippen LogP contribution in [0.4, 0.5) is 5.69 Å². The van der Waals surface area contributed by atoms with Gasteiger partial charge in [-0.2, -0.15) is 0 Å². The molecule has 4 nitrogen and oxygen atoms in total. The van der Waals surface area contributed by atoms with Crippen LogP contribution in [-0.2, 0) is 4.79 Å². The van der Waals surface area contributed by atoms with Crippen molar-refractivity contribution in [1.29, 1.82) is 0 Å². The Morgan fingerprint density at radius 1 is 1.25 bits per heavy atom. The van der Waals surface area contributed by atoms with E-state index in [1.165, 1.54) is 0 Å². The predicted octanol–water partition coefficient (Wildman–Crippen LogP) is 3.10. The number of nitrogens with one attached hydrogen (secondary N) is 1. The third-order valence-electron chi connectivity index (χ3n) is 2.85. The number of hydrogen-bond donors (Lipinski definition) is 2. The van der Waals surface area contributed by atoms with Gasteiger partial charge in [0.2, 0.25) is 5.91 Å². The summed E-state index contributed by atoms with van der Waals surface area (Å²) in [6.45, 7) is 0. The number of amides is 1. The monoisotopic (exact) mass is 334 g/mol. The van der Waals surface area contributed by atoms with Gasteiger partial charge in [-0.15, -0.1) is 0 Å². The van der Waals surface area contributed by atoms with Crippen molar-refractivity contribution >= 4 is 27.5 Å². The summed E-state index contributed by atoms with van der Waals surface area (Å²) >= 11 is 3.39. The van der Waals surface area contributed by atoms with Gasteiger partial charge >= 0.3 is 0 Å². The summed E-state index contributed by atoms with van der Waals surface area (Å²) in [7, 11) is 1.60. The molecule has 0 aliphatic carbocycles. The lowest BCUT2D eigenvalue weighted by Gasteiger charge is -2.18. The Bertz CT molecular complexity index is 616. The van der Waals surface area contributed by atoms with Gasteiger partial charge in [0.1, 0.15) is 11.8 Å². The van der Waals surface area contributed by atoms with Crippen LogP contribution in [0, 0.1) is 0 Å². The first-order chi connectivity index (χ1) is 9.60. The number of rotatable bonds is 5. The lowest BCUT2D eigenvalue weighted by molar-refractivity contribution is -0.118. The maximum absolute atomic E-state index is 11.7. The molecule has 1 atom stereocenters. The van der Waals surface area contributed by atoms with Gasteiger partial charge in [0.25, 0.3) is 0 Å². The van der Waals surface area contributed by atoms with E-state index >= 15 is 0 Å². The van der Waals surface area contributed by atoms with Crippen LogP contribution in [0.3, 0.4) is 0 Å². The zero-order valence-corrected chi connectivity index (χ0v) is 12.6. The summed E-state index contributed by atoms with van der Waals surface area (Å²) in [6.07, 6.45) is 0. The highest BCUT2D eigenvalue weighted by atomic mass is 79.9. The van der Waals surface area contributed by atoms with Gasteiger partial charge in [-0.1, -0.05) is 34.1 Å². The van der Waals surface area contributed by atoms with Gasteiger partial charge in [-0.25, -0.2) is 0 Å². The molecule has 104 valence electrons. The summed E-state index contributed by atoms with van der Waals surface area (Å²) in [5.74, 6) is 0.276. The van der Waals surface area contributed by atoms with E-state index in [4.69, 9.17) is 10.5 Å². The third kappa shape index (κ3) is 3.51. The number of primary amides is 1. The summed E-state index contributed by atoms with van der Waals surface area (Å²) in [5, 5.41) is 3.12. The zero-order valence-electron chi connectivity index (χ0n) is 11.0. The molecule has 5 heteroatoms. The molecule has 2 rings (SSSR count). The van der Waals surface area contributed by atoms with E-state index in [0.717, 1.165) is 15.7 Å². The molecular formula is C15H15BrN2O2. The zero-order chi connectivity index (χ0) is 14.5. The molecule has 0 fully saturated rings. The van der Waals surface area contributed by atoms with Gasteiger partial charge in [-0.3, -0.25) is 4.79 Å². The van der Waals surface area contributed by atoms with Crippen molar-refractivity contribution in [3.8, 4) is 5.75 Å². The van der Waals surface area contributed by atoms with Crippen molar-refractivity contribution in [3.05, 3.63) is 58.6 Å². The molecule has 3 N–H and O–H groups in total. The molecule has 0 spiro atoms. The summed E-state index contributed by atoms with van der Waals surface area (Å²) in [5.41, 5.74) is 7.06. The quantitative estimate of drug-likeness (QED) is 0.883. The number of anilines is 1. The van der Waals surface area contributed by atoms with E-state index in [-0.39, 0.29) is 0 Å². The minimum Gasteiger partial charge on any atom is -0.497 e. The van der Waals surface area contributed by atoms with Gasteiger partial charge in [0.15, 0.2) is 0 Å². The molecule has 0 saturated heterocycles. The molecule has 0 saturated carbocycles. The fourth-order valence-electron chi connectivity index (χ4n) is 1.88. The number of halogens is 1. The van der Waals surface area contributed by atoms with Crippen molar-refractivity contribution < 1.29 is 9.53 Å². The van der Waals surface area contributed by atoms with Crippen LogP contribution in [0.25, 0.3) is 0 Å². The minimum atomic E-state index is -0.598. The standard InChI is InChI=1S/C15H15BrN2O2/c1-20-13-7-3-6-12(9-13)18-14(15(17)19)10-4-2-5-11(16)8-10/h2-9,14,18H,1H3,(H2,17,19). The number of ether oxygens (including phenoxy) is 1. The van der Waals surface area contributed by atoms with Crippen LogP contribution in [0.5, 0.6) is 5.75 Å². The second-order valence-corrected chi connectivity index (χ2v) is 5.18. The first-order valence-electron chi connectivity index (χ1n) is 6.05. The van der Waals surface area contributed by atoms with Gasteiger partial charge in [0.05, 0.1) is 7.11 Å². The highest BCUT2D eigenvalue weighted by Crippen LogP contribution is 2.24. The van der Waals surface area contributed by atoms with Crippen LogP contribution >= 0.6 is 15.9 Å². The average Bonchev–Trinajstić information content (AvgIpc) is 2.44. The van der Waals surface area contributed by atoms with Crippen LogP contribution in [0.1, 0.15) is 11.6 Å². The molecule has 0 heterocycles. The topological polar surface area (TPSA) is 64.3 Å². The number of benzene rings is 2. The van der Waals surface area contributed by atoms with Gasteiger partial charge in [0, 0.05) is 16.2 Å². The van der Waals surface area contributed by atoms with E-state index in [1.54, 1.807) is 7.11 Å². The highest BCUT2D eigenvalue weighted by Gasteiger charge is 2.17. The van der Waals surface area contributed by atoms with E-state index in [0.29, 0.717) is 5.75 Å². The predicted molar refractivity (Wildman–Crippen MR) is 82.7 cm³/mol. The third-order valence-corrected chi connectivity index (χ3v) is 3.34. The lowest BCUT2D eigenvalue weighted by Crippen LogP contribution is -2.27. The number of carbonyl (C=O) groups excluding carboxylic acids is 1. The van der Waals surface area contributed by atoms with Crippen LogP contribution in [-0.4, -0.2) is 13.0 Å².